The molecule has 0 saturated carbocycles. The Labute approximate surface area is 211 Å². The molecule has 1 unspecified atom stereocenters. The normalized spacial score (nSPS) is 17.6. The van der Waals surface area contributed by atoms with E-state index in [0.717, 1.165) is 30.5 Å². The zero-order chi connectivity index (χ0) is 26.0. The molecule has 0 radical (unpaired) electrons. The van der Waals surface area contributed by atoms with Gasteiger partial charge >= 0.3 is 0 Å². The van der Waals surface area contributed by atoms with Crippen LogP contribution < -0.4 is 9.64 Å². The molecule has 2 aliphatic rings. The van der Waals surface area contributed by atoms with Crippen LogP contribution in [-0.2, 0) is 16.0 Å². The summed E-state index contributed by atoms with van der Waals surface area (Å²) in [6.45, 7) is 3.89. The molecule has 2 aromatic carbocycles. The van der Waals surface area contributed by atoms with Crippen LogP contribution in [0.1, 0.15) is 47.2 Å². The van der Waals surface area contributed by atoms with Gasteiger partial charge in [0.1, 0.15) is 11.6 Å². The Morgan fingerprint density at radius 1 is 1.11 bits per heavy atom. The molecule has 36 heavy (non-hydrogen) atoms. The van der Waals surface area contributed by atoms with Crippen LogP contribution in [0.15, 0.2) is 36.4 Å². The van der Waals surface area contributed by atoms with E-state index in [1.54, 1.807) is 19.2 Å². The predicted molar refractivity (Wildman–Crippen MR) is 136 cm³/mol. The summed E-state index contributed by atoms with van der Waals surface area (Å²) in [7, 11) is 5.01. The summed E-state index contributed by atoms with van der Waals surface area (Å²) in [6.07, 6.45) is 2.58. The highest BCUT2D eigenvalue weighted by atomic mass is 19.1. The highest BCUT2D eigenvalue weighted by Gasteiger charge is 2.38. The number of likely N-dealkylation sites (tertiary alicyclic amines) is 1. The fourth-order valence-electron chi connectivity index (χ4n) is 5.17. The zero-order valence-corrected chi connectivity index (χ0v) is 21.4. The Hall–Kier alpha value is -3.42. The number of carbonyl (C=O) groups excluding carboxylic acids is 3. The lowest BCUT2D eigenvalue weighted by Gasteiger charge is -2.32. The quantitative estimate of drug-likeness (QED) is 0.550. The first kappa shape index (κ1) is 25.7. The van der Waals surface area contributed by atoms with Gasteiger partial charge in [0.2, 0.25) is 5.78 Å². The van der Waals surface area contributed by atoms with Crippen molar-refractivity contribution in [1.29, 1.82) is 0 Å². The first-order chi connectivity index (χ1) is 17.2. The number of Topliss-reactive ketones (excluding diaryl/α,β-unsaturated/α-hetero) is 1. The average molecular weight is 496 g/mol. The summed E-state index contributed by atoms with van der Waals surface area (Å²) in [5.41, 5.74) is 3.00. The Bertz CT molecular complexity index is 1140. The van der Waals surface area contributed by atoms with Gasteiger partial charge in [-0.2, -0.15) is 0 Å². The van der Waals surface area contributed by atoms with E-state index in [1.165, 1.54) is 24.1 Å². The van der Waals surface area contributed by atoms with Crippen LogP contribution in [0.3, 0.4) is 0 Å². The van der Waals surface area contributed by atoms with Crippen molar-refractivity contribution in [3.63, 3.8) is 0 Å². The number of hydrogen-bond donors (Lipinski definition) is 0. The molecule has 2 amide bonds. The summed E-state index contributed by atoms with van der Waals surface area (Å²) in [6, 6.07) is 10.1. The van der Waals surface area contributed by atoms with Crippen molar-refractivity contribution in [2.75, 3.05) is 52.3 Å². The highest BCUT2D eigenvalue weighted by molar-refractivity contribution is 6.38. The van der Waals surface area contributed by atoms with Crippen molar-refractivity contribution in [3.05, 3.63) is 58.9 Å². The van der Waals surface area contributed by atoms with E-state index >= 15 is 0 Å². The zero-order valence-electron chi connectivity index (χ0n) is 21.4. The van der Waals surface area contributed by atoms with Gasteiger partial charge < -0.3 is 19.4 Å². The number of benzene rings is 2. The van der Waals surface area contributed by atoms with Gasteiger partial charge in [0.25, 0.3) is 11.8 Å². The third kappa shape index (κ3) is 5.08. The fraction of sp³-hybridized carbons (Fsp3) is 0.464. The standard InChI is InChI=1S/C28H34FN3O4/c1-5-30(2)28(35)26(33)23-17-31(3)24-16-25(36-4)22(15-21(23)24)27(34)32-12-10-19(11-13-32)14-18-6-8-20(29)9-7-18/h6-9,15-16,19,23H,5,10-14,17H2,1-4H3. The summed E-state index contributed by atoms with van der Waals surface area (Å²) < 4.78 is 18.8. The second-order valence-electron chi connectivity index (χ2n) is 9.79. The average Bonchev–Trinajstić information content (AvgIpc) is 3.23. The second-order valence-corrected chi connectivity index (χ2v) is 9.79. The lowest BCUT2D eigenvalue weighted by atomic mass is 9.89. The Kier molecular flexibility index (Phi) is 7.62. The monoisotopic (exact) mass is 495 g/mol. The molecule has 2 aromatic rings. The van der Waals surface area contributed by atoms with E-state index in [2.05, 4.69) is 0 Å². The minimum absolute atomic E-state index is 0.132. The van der Waals surface area contributed by atoms with E-state index in [1.807, 2.05) is 35.9 Å². The summed E-state index contributed by atoms with van der Waals surface area (Å²) in [4.78, 5) is 44.3. The maximum atomic E-state index is 13.6. The molecule has 8 heteroatoms. The molecule has 192 valence electrons. The van der Waals surface area contributed by atoms with Gasteiger partial charge in [-0.05, 0) is 61.4 Å². The van der Waals surface area contributed by atoms with Crippen molar-refractivity contribution < 1.29 is 23.5 Å². The van der Waals surface area contributed by atoms with Crippen LogP contribution in [0.25, 0.3) is 0 Å². The number of ketones is 1. The smallest absolute Gasteiger partial charge is 0.290 e. The van der Waals surface area contributed by atoms with Gasteiger partial charge in [0, 0.05) is 52.0 Å². The van der Waals surface area contributed by atoms with E-state index in [4.69, 9.17) is 4.74 Å². The summed E-state index contributed by atoms with van der Waals surface area (Å²) in [5, 5.41) is 0. The van der Waals surface area contributed by atoms with Crippen molar-refractivity contribution >= 4 is 23.3 Å². The van der Waals surface area contributed by atoms with Crippen molar-refractivity contribution in [2.24, 2.45) is 5.92 Å². The lowest BCUT2D eigenvalue weighted by molar-refractivity contribution is -0.144. The molecule has 0 aromatic heterocycles. The number of hydrogen-bond acceptors (Lipinski definition) is 5. The second kappa shape index (κ2) is 10.7. The lowest BCUT2D eigenvalue weighted by Crippen LogP contribution is -2.39. The van der Waals surface area contributed by atoms with Gasteiger partial charge in [0.05, 0.1) is 18.6 Å². The van der Waals surface area contributed by atoms with Crippen LogP contribution in [0.5, 0.6) is 5.75 Å². The van der Waals surface area contributed by atoms with Crippen molar-refractivity contribution in [2.45, 2.75) is 32.1 Å². The molecule has 2 aliphatic heterocycles. The molecule has 4 rings (SSSR count). The molecule has 7 nitrogen and oxygen atoms in total. The largest absolute Gasteiger partial charge is 0.496 e. The Balaban J connectivity index is 1.51. The summed E-state index contributed by atoms with van der Waals surface area (Å²) in [5.74, 6) is -1.08. The number of likely N-dealkylation sites (N-methyl/N-ethyl adjacent to an activating group) is 2. The first-order valence-corrected chi connectivity index (χ1v) is 12.5. The van der Waals surface area contributed by atoms with E-state index < -0.39 is 17.6 Å². The minimum atomic E-state index is -0.620. The molecule has 2 heterocycles. The number of rotatable bonds is 7. The first-order valence-electron chi connectivity index (χ1n) is 12.5. The molecule has 1 atom stereocenters. The van der Waals surface area contributed by atoms with Crippen LogP contribution in [0, 0.1) is 11.7 Å². The highest BCUT2D eigenvalue weighted by Crippen LogP contribution is 2.41. The molecular weight excluding hydrogens is 461 g/mol. The number of amides is 2. The number of anilines is 1. The van der Waals surface area contributed by atoms with Gasteiger partial charge in [-0.1, -0.05) is 12.1 Å². The van der Waals surface area contributed by atoms with E-state index in [9.17, 15) is 18.8 Å². The number of ether oxygens (including phenoxy) is 1. The van der Waals surface area contributed by atoms with Gasteiger partial charge in [0.15, 0.2) is 0 Å². The SMILES string of the molecule is CCN(C)C(=O)C(=O)C1CN(C)c2cc(OC)c(C(=O)N3CCC(Cc4ccc(F)cc4)CC3)cc21. The van der Waals surface area contributed by atoms with Crippen LogP contribution in [0.4, 0.5) is 10.1 Å². The molecular formula is C28H34FN3O4. The number of carbonyl (C=O) groups is 3. The number of halogens is 1. The Morgan fingerprint density at radius 3 is 2.39 bits per heavy atom. The third-order valence-corrected chi connectivity index (χ3v) is 7.51. The topological polar surface area (TPSA) is 70.2 Å². The van der Waals surface area contributed by atoms with Crippen LogP contribution in [-0.4, -0.2) is 74.8 Å². The van der Waals surface area contributed by atoms with Crippen LogP contribution >= 0.6 is 0 Å². The molecule has 1 fully saturated rings. The minimum Gasteiger partial charge on any atom is -0.496 e. The maximum absolute atomic E-state index is 13.6. The van der Waals surface area contributed by atoms with Gasteiger partial charge in [-0.15, -0.1) is 0 Å². The van der Waals surface area contributed by atoms with E-state index in [-0.39, 0.29) is 11.7 Å². The predicted octanol–water partition coefficient (Wildman–Crippen LogP) is 3.51. The van der Waals surface area contributed by atoms with Gasteiger partial charge in [-0.25, -0.2) is 4.39 Å². The fourth-order valence-corrected chi connectivity index (χ4v) is 5.17. The number of methoxy groups -OCH3 is 1. The third-order valence-electron chi connectivity index (χ3n) is 7.51. The number of fused-ring (bicyclic) bond motifs is 1. The van der Waals surface area contributed by atoms with Crippen molar-refractivity contribution in [1.82, 2.24) is 9.80 Å². The Morgan fingerprint density at radius 2 is 1.78 bits per heavy atom. The number of nitrogens with zero attached hydrogens (tertiary/aromatic N) is 3. The molecule has 0 N–H and O–H groups in total. The molecule has 0 spiro atoms. The molecule has 1 saturated heterocycles. The maximum Gasteiger partial charge on any atom is 0.290 e. The van der Waals surface area contributed by atoms with Crippen molar-refractivity contribution in [3.8, 4) is 5.75 Å². The van der Waals surface area contributed by atoms with E-state index in [0.29, 0.717) is 49.0 Å². The number of piperidine rings is 1. The van der Waals surface area contributed by atoms with Gasteiger partial charge in [-0.3, -0.25) is 14.4 Å². The molecule has 0 aliphatic carbocycles. The van der Waals surface area contributed by atoms with Crippen LogP contribution in [0.2, 0.25) is 0 Å². The molecule has 0 bridgehead atoms. The summed E-state index contributed by atoms with van der Waals surface area (Å²) >= 11 is 0.